The zero-order chi connectivity index (χ0) is 21.6. The Bertz CT molecular complexity index is 1430. The highest BCUT2D eigenvalue weighted by atomic mass is 79.9. The molecule has 0 fully saturated rings. The summed E-state index contributed by atoms with van der Waals surface area (Å²) in [6.07, 6.45) is 1.70. The number of hydrogen-bond acceptors (Lipinski definition) is 4. The molecular weight excluding hydrogens is 450 g/mol. The first-order chi connectivity index (χ1) is 14.4. The summed E-state index contributed by atoms with van der Waals surface area (Å²) < 4.78 is 9.99. The largest absolute Gasteiger partial charge is 0.465 e. The fraction of sp³-hybridized carbons (Fsp3) is 0.136. The van der Waals surface area contributed by atoms with Gasteiger partial charge in [-0.25, -0.2) is 9.59 Å². The number of carbonyl (C=O) groups is 1. The Kier molecular flexibility index (Phi) is 4.95. The van der Waals surface area contributed by atoms with Gasteiger partial charge in [-0.15, -0.1) is 0 Å². The first kappa shape index (κ1) is 19.9. The van der Waals surface area contributed by atoms with Crippen LogP contribution in [0.5, 0.6) is 0 Å². The molecule has 4 rings (SSSR count). The van der Waals surface area contributed by atoms with E-state index in [-0.39, 0.29) is 0 Å². The number of ether oxygens (including phenoxy) is 1. The quantitative estimate of drug-likeness (QED) is 0.433. The van der Waals surface area contributed by atoms with Gasteiger partial charge in [-0.1, -0.05) is 46.3 Å². The highest BCUT2D eigenvalue weighted by Crippen LogP contribution is 2.36. The van der Waals surface area contributed by atoms with Gasteiger partial charge in [0.1, 0.15) is 0 Å². The lowest BCUT2D eigenvalue weighted by Gasteiger charge is -2.14. The Morgan fingerprint density at radius 2 is 1.63 bits per heavy atom. The second-order valence-corrected chi connectivity index (χ2v) is 7.66. The van der Waals surface area contributed by atoms with Crippen molar-refractivity contribution in [2.75, 3.05) is 7.11 Å². The normalized spacial score (nSPS) is 11.1. The maximum atomic E-state index is 13.2. The number of methoxy groups -OCH3 is 1. The predicted molar refractivity (Wildman–Crippen MR) is 118 cm³/mol. The molecule has 4 aromatic rings. The number of carbonyl (C=O) groups excluding carboxylic acids is 1. The molecule has 0 amide bonds. The molecule has 0 saturated carbocycles. The van der Waals surface area contributed by atoms with Gasteiger partial charge in [-0.3, -0.25) is 13.9 Å². The molecule has 2 aromatic heterocycles. The fourth-order valence-corrected chi connectivity index (χ4v) is 4.09. The third-order valence-corrected chi connectivity index (χ3v) is 5.83. The number of hydrogen-bond donors (Lipinski definition) is 0. The van der Waals surface area contributed by atoms with Gasteiger partial charge in [0.15, 0.2) is 0 Å². The molecule has 0 bridgehead atoms. The molecule has 0 aliphatic rings. The van der Waals surface area contributed by atoms with Crippen LogP contribution in [0.25, 0.3) is 27.8 Å². The summed E-state index contributed by atoms with van der Waals surface area (Å²) in [5.41, 5.74) is 1.84. The van der Waals surface area contributed by atoms with Crippen LogP contribution in [-0.2, 0) is 18.8 Å². The average molecular weight is 468 g/mol. The van der Waals surface area contributed by atoms with Crippen LogP contribution in [0.4, 0.5) is 0 Å². The van der Waals surface area contributed by atoms with E-state index in [2.05, 4.69) is 15.9 Å². The van der Waals surface area contributed by atoms with Crippen LogP contribution >= 0.6 is 15.9 Å². The molecule has 2 aromatic carbocycles. The number of aryl methyl sites for hydroxylation is 1. The van der Waals surface area contributed by atoms with E-state index < -0.39 is 17.2 Å². The van der Waals surface area contributed by atoms with Gasteiger partial charge < -0.3 is 9.30 Å². The molecule has 8 heteroatoms. The van der Waals surface area contributed by atoms with Gasteiger partial charge in [0.25, 0.3) is 5.56 Å². The van der Waals surface area contributed by atoms with Crippen LogP contribution in [0.2, 0.25) is 0 Å². The SMILES string of the molecule is COC(=O)c1ccccc1-n1cc2c(c1-c1ccccc1Br)c(=O)n(C)c(=O)n2C. The molecule has 0 aliphatic carbocycles. The predicted octanol–water partition coefficient (Wildman–Crippen LogP) is 3.24. The maximum Gasteiger partial charge on any atom is 0.339 e. The number of esters is 1. The topological polar surface area (TPSA) is 75.2 Å². The molecule has 152 valence electrons. The van der Waals surface area contributed by atoms with Crippen LogP contribution in [0.15, 0.2) is 68.8 Å². The van der Waals surface area contributed by atoms with Gasteiger partial charge in [-0.2, -0.15) is 0 Å². The van der Waals surface area contributed by atoms with Crippen molar-refractivity contribution in [1.82, 2.24) is 13.7 Å². The lowest BCUT2D eigenvalue weighted by molar-refractivity contribution is 0.0601. The van der Waals surface area contributed by atoms with Crippen molar-refractivity contribution in [3.8, 4) is 16.9 Å². The molecule has 30 heavy (non-hydrogen) atoms. The van der Waals surface area contributed by atoms with Crippen molar-refractivity contribution in [1.29, 1.82) is 0 Å². The third kappa shape index (κ3) is 2.91. The van der Waals surface area contributed by atoms with Gasteiger partial charge >= 0.3 is 11.7 Å². The zero-order valence-corrected chi connectivity index (χ0v) is 18.1. The maximum absolute atomic E-state index is 13.2. The molecular formula is C22H18BrN3O4. The first-order valence-corrected chi connectivity index (χ1v) is 9.89. The Morgan fingerprint density at radius 3 is 2.33 bits per heavy atom. The number of nitrogens with zero attached hydrogens (tertiary/aromatic N) is 3. The fourth-order valence-electron chi connectivity index (χ4n) is 3.61. The first-order valence-electron chi connectivity index (χ1n) is 9.10. The molecule has 0 saturated heterocycles. The smallest absolute Gasteiger partial charge is 0.339 e. The summed E-state index contributed by atoms with van der Waals surface area (Å²) in [5, 5.41) is 0.381. The van der Waals surface area contributed by atoms with Crippen molar-refractivity contribution >= 4 is 32.8 Å². The van der Waals surface area contributed by atoms with Crippen molar-refractivity contribution in [3.05, 3.63) is 85.6 Å². The van der Waals surface area contributed by atoms with Crippen LogP contribution < -0.4 is 11.2 Å². The number of halogens is 1. The summed E-state index contributed by atoms with van der Waals surface area (Å²) in [6.45, 7) is 0. The highest BCUT2D eigenvalue weighted by Gasteiger charge is 2.23. The number of rotatable bonds is 3. The lowest BCUT2D eigenvalue weighted by atomic mass is 10.1. The number of benzene rings is 2. The molecule has 2 heterocycles. The van der Waals surface area contributed by atoms with Crippen LogP contribution in [0.3, 0.4) is 0 Å². The van der Waals surface area contributed by atoms with Gasteiger partial charge in [0.2, 0.25) is 0 Å². The molecule has 0 spiro atoms. The van der Waals surface area contributed by atoms with Crippen LogP contribution in [0, 0.1) is 0 Å². The van der Waals surface area contributed by atoms with Gasteiger partial charge in [0.05, 0.1) is 35.0 Å². The minimum absolute atomic E-state index is 0.343. The van der Waals surface area contributed by atoms with E-state index in [1.165, 1.54) is 18.7 Å². The van der Waals surface area contributed by atoms with Gasteiger partial charge in [-0.05, 0) is 18.2 Å². The highest BCUT2D eigenvalue weighted by molar-refractivity contribution is 9.10. The minimum Gasteiger partial charge on any atom is -0.465 e. The number of aromatic nitrogens is 3. The van der Waals surface area contributed by atoms with Gasteiger partial charge in [0, 0.05) is 30.3 Å². The monoisotopic (exact) mass is 467 g/mol. The van der Waals surface area contributed by atoms with E-state index in [4.69, 9.17) is 4.74 Å². The van der Waals surface area contributed by atoms with Crippen molar-refractivity contribution in [3.63, 3.8) is 0 Å². The molecule has 0 radical (unpaired) electrons. The number of fused-ring (bicyclic) bond motifs is 1. The molecule has 7 nitrogen and oxygen atoms in total. The Labute approximate surface area is 179 Å². The van der Waals surface area contributed by atoms with Crippen LogP contribution in [-0.4, -0.2) is 26.8 Å². The molecule has 0 atom stereocenters. The Balaban J connectivity index is 2.24. The molecule has 0 aliphatic heterocycles. The molecule has 0 unspecified atom stereocenters. The third-order valence-electron chi connectivity index (χ3n) is 5.14. The summed E-state index contributed by atoms with van der Waals surface area (Å²) in [4.78, 5) is 38.1. The Hall–Kier alpha value is -3.39. The van der Waals surface area contributed by atoms with Crippen molar-refractivity contribution in [2.24, 2.45) is 14.1 Å². The lowest BCUT2D eigenvalue weighted by Crippen LogP contribution is -2.36. The summed E-state index contributed by atoms with van der Waals surface area (Å²) in [7, 11) is 4.39. The van der Waals surface area contributed by atoms with Crippen molar-refractivity contribution in [2.45, 2.75) is 0 Å². The number of para-hydroxylation sites is 1. The van der Waals surface area contributed by atoms with Crippen molar-refractivity contribution < 1.29 is 9.53 Å². The second-order valence-electron chi connectivity index (χ2n) is 6.80. The van der Waals surface area contributed by atoms with E-state index in [1.807, 2.05) is 24.3 Å². The Morgan fingerprint density at radius 1 is 0.967 bits per heavy atom. The zero-order valence-electron chi connectivity index (χ0n) is 16.5. The average Bonchev–Trinajstić information content (AvgIpc) is 3.16. The van der Waals surface area contributed by atoms with E-state index in [1.54, 1.807) is 42.1 Å². The summed E-state index contributed by atoms with van der Waals surface area (Å²) in [5.74, 6) is -0.497. The second kappa shape index (κ2) is 7.46. The van der Waals surface area contributed by atoms with E-state index in [0.29, 0.717) is 27.8 Å². The summed E-state index contributed by atoms with van der Waals surface area (Å²) in [6, 6.07) is 14.5. The van der Waals surface area contributed by atoms with E-state index in [9.17, 15) is 14.4 Å². The van der Waals surface area contributed by atoms with Crippen LogP contribution in [0.1, 0.15) is 10.4 Å². The minimum atomic E-state index is -0.497. The van der Waals surface area contributed by atoms with E-state index in [0.717, 1.165) is 14.6 Å². The standard InChI is InChI=1S/C22H18BrN3O4/c1-24-17-12-26(16-11-7-5-9-14(16)21(28)30-3)19(13-8-4-6-10-15(13)23)18(17)20(27)25(2)22(24)29/h4-12H,1-3H3. The summed E-state index contributed by atoms with van der Waals surface area (Å²) >= 11 is 3.57. The van der Waals surface area contributed by atoms with E-state index >= 15 is 0 Å². The molecule has 0 N–H and O–H groups in total.